The molecule has 0 unspecified atom stereocenters. The van der Waals surface area contributed by atoms with Crippen molar-refractivity contribution in [2.45, 2.75) is 39.0 Å². The summed E-state index contributed by atoms with van der Waals surface area (Å²) in [6.07, 6.45) is 1.97. The summed E-state index contributed by atoms with van der Waals surface area (Å²) in [5.74, 6) is 0. The Labute approximate surface area is 299 Å². The van der Waals surface area contributed by atoms with Crippen LogP contribution in [-0.2, 0) is 18.3 Å². The summed E-state index contributed by atoms with van der Waals surface area (Å²) in [4.78, 5) is 2.56. The van der Waals surface area contributed by atoms with Crippen LogP contribution >= 0.6 is 0 Å². The lowest BCUT2D eigenvalue weighted by molar-refractivity contribution is 0.633. The van der Waals surface area contributed by atoms with Crippen LogP contribution in [0.25, 0.3) is 54.2 Å². The quantitative estimate of drug-likeness (QED) is 0.167. The van der Waals surface area contributed by atoms with E-state index in [9.17, 15) is 0 Å². The van der Waals surface area contributed by atoms with Crippen LogP contribution in [0.2, 0.25) is 0 Å². The minimum atomic E-state index is -0.226. The van der Waals surface area contributed by atoms with Crippen LogP contribution in [-0.4, -0.2) is 0 Å². The van der Waals surface area contributed by atoms with E-state index in [1.54, 1.807) is 0 Å². The van der Waals surface area contributed by atoms with E-state index in [0.717, 1.165) is 12.8 Å². The number of hydrogen-bond acceptors (Lipinski definition) is 1. The van der Waals surface area contributed by atoms with E-state index in [4.69, 9.17) is 0 Å². The third kappa shape index (κ3) is 4.47. The fourth-order valence-corrected chi connectivity index (χ4v) is 9.26. The maximum Gasteiger partial charge on any atom is 0.0540 e. The van der Waals surface area contributed by atoms with Gasteiger partial charge in [0.2, 0.25) is 0 Å². The highest BCUT2D eigenvalue weighted by atomic mass is 15.2. The molecule has 1 aliphatic rings. The lowest BCUT2D eigenvalue weighted by atomic mass is 9.69. The van der Waals surface area contributed by atoms with Gasteiger partial charge in [-0.1, -0.05) is 153 Å². The molecule has 0 bridgehead atoms. The van der Waals surface area contributed by atoms with Gasteiger partial charge in [0.05, 0.1) is 17.1 Å². The van der Waals surface area contributed by atoms with Crippen LogP contribution in [0.15, 0.2) is 158 Å². The molecular weight excluding hydrogens is 615 g/mol. The highest BCUT2D eigenvalue weighted by Crippen LogP contribution is 2.56. The summed E-state index contributed by atoms with van der Waals surface area (Å²) in [5.41, 5.74) is 13.1. The Kier molecular flexibility index (Phi) is 6.64. The van der Waals surface area contributed by atoms with Crippen molar-refractivity contribution in [1.29, 1.82) is 0 Å². The number of benzene rings is 9. The molecule has 0 saturated carbocycles. The number of rotatable bonds is 5. The van der Waals surface area contributed by atoms with E-state index >= 15 is 0 Å². The summed E-state index contributed by atoms with van der Waals surface area (Å²) >= 11 is 0. The van der Waals surface area contributed by atoms with E-state index in [0.29, 0.717) is 0 Å². The Bertz CT molecular complexity index is 2780. The summed E-state index contributed by atoms with van der Waals surface area (Å²) < 4.78 is 0. The maximum atomic E-state index is 2.56. The molecule has 1 nitrogen and oxygen atoms in total. The van der Waals surface area contributed by atoms with Crippen LogP contribution in [0.1, 0.15) is 41.7 Å². The maximum absolute atomic E-state index is 2.56. The Morgan fingerprint density at radius 3 is 1.94 bits per heavy atom. The minimum absolute atomic E-state index is 0.226. The molecule has 0 amide bonds. The highest BCUT2D eigenvalue weighted by Gasteiger charge is 2.40. The minimum Gasteiger partial charge on any atom is -0.309 e. The molecule has 10 rings (SSSR count). The van der Waals surface area contributed by atoms with Crippen LogP contribution in [0.4, 0.5) is 17.1 Å². The first-order valence-corrected chi connectivity index (χ1v) is 18.2. The van der Waals surface area contributed by atoms with Gasteiger partial charge in [-0.05, 0) is 115 Å². The first kappa shape index (κ1) is 29.9. The SMILES string of the molecule is Cc1ccc2c(c1-c1ccccc1CCc1cccc3ccccc13)C(C)(C)c1ccccc1N2c1ccc2ccc3cccc4ccc1c2c34. The number of anilines is 3. The van der Waals surface area contributed by atoms with Gasteiger partial charge in [0, 0.05) is 10.8 Å². The molecule has 244 valence electrons. The van der Waals surface area contributed by atoms with Gasteiger partial charge in [0.15, 0.2) is 0 Å². The monoisotopic (exact) mass is 653 g/mol. The van der Waals surface area contributed by atoms with Crippen molar-refractivity contribution in [3.8, 4) is 11.1 Å². The van der Waals surface area contributed by atoms with E-state index < -0.39 is 0 Å². The number of hydrogen-bond donors (Lipinski definition) is 0. The average Bonchev–Trinajstić information content (AvgIpc) is 3.17. The summed E-state index contributed by atoms with van der Waals surface area (Å²) in [6, 6.07) is 59.0. The average molecular weight is 654 g/mol. The van der Waals surface area contributed by atoms with Gasteiger partial charge in [-0.15, -0.1) is 0 Å². The lowest BCUT2D eigenvalue weighted by Gasteiger charge is -2.44. The predicted octanol–water partition coefficient (Wildman–Crippen LogP) is 13.6. The normalized spacial score (nSPS) is 13.7. The Morgan fingerprint density at radius 2 is 1.06 bits per heavy atom. The second-order valence-electron chi connectivity index (χ2n) is 14.9. The molecule has 0 radical (unpaired) electrons. The molecule has 1 aliphatic heterocycles. The molecule has 0 aromatic heterocycles. The fourth-order valence-electron chi connectivity index (χ4n) is 9.26. The van der Waals surface area contributed by atoms with Crippen LogP contribution < -0.4 is 4.90 Å². The molecule has 9 aromatic rings. The topological polar surface area (TPSA) is 3.24 Å². The van der Waals surface area contributed by atoms with Gasteiger partial charge in [-0.2, -0.15) is 0 Å². The third-order valence-corrected chi connectivity index (χ3v) is 11.7. The largest absolute Gasteiger partial charge is 0.309 e. The first-order valence-electron chi connectivity index (χ1n) is 18.2. The smallest absolute Gasteiger partial charge is 0.0540 e. The predicted molar refractivity (Wildman–Crippen MR) is 218 cm³/mol. The molecule has 1 heterocycles. The van der Waals surface area contributed by atoms with Crippen molar-refractivity contribution >= 4 is 60.2 Å². The molecule has 0 saturated heterocycles. The summed E-state index contributed by atoms with van der Waals surface area (Å²) in [6.45, 7) is 7.15. The van der Waals surface area contributed by atoms with Crippen molar-refractivity contribution in [3.05, 3.63) is 186 Å². The Morgan fingerprint density at radius 1 is 0.451 bits per heavy atom. The van der Waals surface area contributed by atoms with Crippen LogP contribution in [0, 0.1) is 6.92 Å². The van der Waals surface area contributed by atoms with Crippen LogP contribution in [0.5, 0.6) is 0 Å². The molecule has 0 spiro atoms. The van der Waals surface area contributed by atoms with Crippen molar-refractivity contribution in [2.75, 3.05) is 4.90 Å². The first-order chi connectivity index (χ1) is 25.0. The molecule has 51 heavy (non-hydrogen) atoms. The van der Waals surface area contributed by atoms with Gasteiger partial charge in [0.25, 0.3) is 0 Å². The molecule has 0 N–H and O–H groups in total. The van der Waals surface area contributed by atoms with E-state index in [1.165, 1.54) is 99.1 Å². The van der Waals surface area contributed by atoms with Gasteiger partial charge < -0.3 is 4.90 Å². The zero-order valence-electron chi connectivity index (χ0n) is 29.4. The molecule has 0 aliphatic carbocycles. The van der Waals surface area contributed by atoms with E-state index in [1.807, 2.05) is 0 Å². The van der Waals surface area contributed by atoms with Crippen molar-refractivity contribution in [1.82, 2.24) is 0 Å². The molecule has 1 heteroatoms. The van der Waals surface area contributed by atoms with Gasteiger partial charge >= 0.3 is 0 Å². The number of nitrogens with zero attached hydrogens (tertiary/aromatic N) is 1. The number of fused-ring (bicyclic) bond motifs is 3. The third-order valence-electron chi connectivity index (χ3n) is 11.7. The van der Waals surface area contributed by atoms with Crippen molar-refractivity contribution < 1.29 is 0 Å². The van der Waals surface area contributed by atoms with Gasteiger partial charge in [-0.3, -0.25) is 0 Å². The number of aryl methyl sites for hydroxylation is 3. The second kappa shape index (κ2) is 11.3. The molecular formula is C50H39N. The Balaban J connectivity index is 1.19. The van der Waals surface area contributed by atoms with E-state index in [2.05, 4.69) is 183 Å². The standard InChI is InChI=1S/C50H39N/c1-32-22-30-45-49(46(32)40-19-7-5-13-35(40)24-23-34-15-10-14-33-12-4-6-18-39(33)34)50(2,3)42-20-8-9-21-44(42)51(45)43-31-28-38-26-25-36-16-11-17-37-27-29-41(43)48(38)47(36)37/h4-22,25-31H,23-24H2,1-3H3. The molecule has 0 atom stereocenters. The van der Waals surface area contributed by atoms with Crippen molar-refractivity contribution in [3.63, 3.8) is 0 Å². The summed E-state index contributed by atoms with van der Waals surface area (Å²) in [7, 11) is 0. The molecule has 0 fully saturated rings. The zero-order valence-corrected chi connectivity index (χ0v) is 29.4. The zero-order chi connectivity index (χ0) is 34.3. The lowest BCUT2D eigenvalue weighted by Crippen LogP contribution is -2.31. The fraction of sp³-hybridized carbons (Fsp3) is 0.120. The summed E-state index contributed by atoms with van der Waals surface area (Å²) in [5, 5.41) is 10.5. The Hall–Kier alpha value is -5.92. The highest BCUT2D eigenvalue weighted by molar-refractivity contribution is 6.26. The van der Waals surface area contributed by atoms with Gasteiger partial charge in [0.1, 0.15) is 0 Å². The number of para-hydroxylation sites is 1. The van der Waals surface area contributed by atoms with Crippen LogP contribution in [0.3, 0.4) is 0 Å². The van der Waals surface area contributed by atoms with E-state index in [-0.39, 0.29) is 5.41 Å². The van der Waals surface area contributed by atoms with Crippen molar-refractivity contribution in [2.24, 2.45) is 0 Å². The second-order valence-corrected chi connectivity index (χ2v) is 14.9. The van der Waals surface area contributed by atoms with Gasteiger partial charge in [-0.25, -0.2) is 0 Å². The molecule has 9 aromatic carbocycles.